The maximum absolute atomic E-state index is 12.4. The summed E-state index contributed by atoms with van der Waals surface area (Å²) >= 11 is 0. The van der Waals surface area contributed by atoms with Gasteiger partial charge >= 0.3 is 5.97 Å². The van der Waals surface area contributed by atoms with Crippen LogP contribution < -0.4 is 15.4 Å². The summed E-state index contributed by atoms with van der Waals surface area (Å²) in [5.74, 6) is -0.435. The highest BCUT2D eigenvalue weighted by atomic mass is 16.5. The Hall–Kier alpha value is -4.39. The number of nitrogens with one attached hydrogen (secondary N) is 2. The third-order valence-electron chi connectivity index (χ3n) is 4.09. The lowest BCUT2D eigenvalue weighted by Crippen LogP contribution is -2.28. The number of hydrogen-bond donors (Lipinski definition) is 2. The first-order valence-corrected chi connectivity index (χ1v) is 9.84. The van der Waals surface area contributed by atoms with Gasteiger partial charge in [0.2, 0.25) is 5.91 Å². The van der Waals surface area contributed by atoms with Crippen LogP contribution in [0.3, 0.4) is 0 Å². The first-order chi connectivity index (χ1) is 15.5. The molecule has 0 unspecified atom stereocenters. The zero-order valence-electron chi connectivity index (χ0n) is 17.4. The van der Waals surface area contributed by atoms with Crippen LogP contribution in [0.5, 0.6) is 11.5 Å². The van der Waals surface area contributed by atoms with Gasteiger partial charge in [0.25, 0.3) is 5.91 Å². The molecule has 0 saturated heterocycles. The molecule has 0 spiro atoms. The molecule has 2 amide bonds. The minimum Gasteiger partial charge on any atom is -0.457 e. The molecule has 3 rings (SSSR count). The first kappa shape index (κ1) is 22.3. The van der Waals surface area contributed by atoms with Crippen molar-refractivity contribution in [2.75, 3.05) is 11.9 Å². The van der Waals surface area contributed by atoms with Gasteiger partial charge in [-0.3, -0.25) is 9.59 Å². The largest absolute Gasteiger partial charge is 0.457 e. The van der Waals surface area contributed by atoms with Crippen LogP contribution in [0.4, 0.5) is 5.69 Å². The fourth-order valence-electron chi connectivity index (χ4n) is 2.69. The predicted octanol–water partition coefficient (Wildman–Crippen LogP) is 4.14. The van der Waals surface area contributed by atoms with Crippen LogP contribution in [0.25, 0.3) is 6.08 Å². The van der Waals surface area contributed by atoms with E-state index in [0.29, 0.717) is 22.7 Å². The van der Waals surface area contributed by atoms with Crippen molar-refractivity contribution in [3.8, 4) is 11.5 Å². The van der Waals surface area contributed by atoms with E-state index < -0.39 is 24.4 Å². The van der Waals surface area contributed by atoms with E-state index in [2.05, 4.69) is 10.6 Å². The molecule has 0 aliphatic rings. The van der Waals surface area contributed by atoms with Crippen molar-refractivity contribution in [1.29, 1.82) is 0 Å². The Morgan fingerprint density at radius 3 is 2.03 bits per heavy atom. The Bertz CT molecular complexity index is 1090. The number of rotatable bonds is 8. The molecule has 0 fully saturated rings. The summed E-state index contributed by atoms with van der Waals surface area (Å²) in [5.41, 5.74) is 1.17. The minimum absolute atomic E-state index is 0.0566. The average molecular weight is 430 g/mol. The fraction of sp³-hybridized carbons (Fsp3) is 0.0800. The van der Waals surface area contributed by atoms with Crippen LogP contribution in [0.15, 0.2) is 90.6 Å². The molecule has 3 aromatic rings. The lowest BCUT2D eigenvalue weighted by atomic mass is 10.2. The van der Waals surface area contributed by atoms with Gasteiger partial charge in [0.1, 0.15) is 17.2 Å². The van der Waals surface area contributed by atoms with Gasteiger partial charge in [-0.1, -0.05) is 48.5 Å². The van der Waals surface area contributed by atoms with E-state index in [1.165, 1.54) is 13.0 Å². The fourth-order valence-corrected chi connectivity index (χ4v) is 2.69. The Morgan fingerprint density at radius 1 is 0.812 bits per heavy atom. The van der Waals surface area contributed by atoms with Gasteiger partial charge in [0.15, 0.2) is 6.61 Å². The molecule has 0 aliphatic carbocycles. The summed E-state index contributed by atoms with van der Waals surface area (Å²) in [5, 5.41) is 5.07. The Labute approximate surface area is 185 Å². The molecule has 7 heteroatoms. The quantitative estimate of drug-likeness (QED) is 0.414. The van der Waals surface area contributed by atoms with E-state index in [1.54, 1.807) is 48.5 Å². The lowest BCUT2D eigenvalue weighted by Gasteiger charge is -2.10. The van der Waals surface area contributed by atoms with Crippen molar-refractivity contribution < 1.29 is 23.9 Å². The van der Waals surface area contributed by atoms with E-state index in [-0.39, 0.29) is 5.70 Å². The SMILES string of the molecule is CC(=O)NC(=Cc1ccccc1)C(=O)OCC(=O)Nc1ccc(Oc2ccccc2)cc1. The third-order valence-corrected chi connectivity index (χ3v) is 4.09. The van der Waals surface area contributed by atoms with Crippen LogP contribution >= 0.6 is 0 Å². The topological polar surface area (TPSA) is 93.7 Å². The number of benzene rings is 3. The van der Waals surface area contributed by atoms with Crippen molar-refractivity contribution in [3.63, 3.8) is 0 Å². The van der Waals surface area contributed by atoms with Gasteiger partial charge in [0, 0.05) is 12.6 Å². The van der Waals surface area contributed by atoms with Gasteiger partial charge in [-0.25, -0.2) is 4.79 Å². The molecule has 2 N–H and O–H groups in total. The van der Waals surface area contributed by atoms with Crippen molar-refractivity contribution in [2.45, 2.75) is 6.92 Å². The Morgan fingerprint density at radius 2 is 1.41 bits per heavy atom. The monoisotopic (exact) mass is 430 g/mol. The van der Waals surface area contributed by atoms with E-state index in [1.807, 2.05) is 36.4 Å². The highest BCUT2D eigenvalue weighted by molar-refractivity contribution is 5.99. The number of amides is 2. The molecule has 0 atom stereocenters. The van der Waals surface area contributed by atoms with Crippen molar-refractivity contribution in [2.24, 2.45) is 0 Å². The molecule has 7 nitrogen and oxygen atoms in total. The number of para-hydroxylation sites is 1. The summed E-state index contributed by atoms with van der Waals surface area (Å²) < 4.78 is 10.8. The molecule has 32 heavy (non-hydrogen) atoms. The molecular formula is C25H22N2O5. The molecule has 0 saturated carbocycles. The number of hydrogen-bond acceptors (Lipinski definition) is 5. The first-order valence-electron chi connectivity index (χ1n) is 9.84. The zero-order valence-corrected chi connectivity index (χ0v) is 17.4. The highest BCUT2D eigenvalue weighted by Gasteiger charge is 2.15. The van der Waals surface area contributed by atoms with Gasteiger partial charge in [-0.2, -0.15) is 0 Å². The molecule has 0 heterocycles. The summed E-state index contributed by atoms with van der Waals surface area (Å²) in [6.45, 7) is 0.775. The molecule has 0 radical (unpaired) electrons. The van der Waals surface area contributed by atoms with Crippen molar-refractivity contribution in [3.05, 3.63) is 96.2 Å². The minimum atomic E-state index is -0.814. The number of esters is 1. The molecule has 162 valence electrons. The van der Waals surface area contributed by atoms with Crippen molar-refractivity contribution >= 4 is 29.5 Å². The van der Waals surface area contributed by atoms with Crippen LogP contribution in [-0.4, -0.2) is 24.4 Å². The van der Waals surface area contributed by atoms with Crippen LogP contribution in [-0.2, 0) is 19.1 Å². The third kappa shape index (κ3) is 7.14. The van der Waals surface area contributed by atoms with Gasteiger partial charge in [0.05, 0.1) is 0 Å². The molecule has 0 aliphatic heterocycles. The Balaban J connectivity index is 1.54. The van der Waals surface area contributed by atoms with E-state index >= 15 is 0 Å². The number of anilines is 1. The predicted molar refractivity (Wildman–Crippen MR) is 121 cm³/mol. The highest BCUT2D eigenvalue weighted by Crippen LogP contribution is 2.22. The average Bonchev–Trinajstić information content (AvgIpc) is 2.79. The summed E-state index contributed by atoms with van der Waals surface area (Å²) in [6.07, 6.45) is 1.48. The van der Waals surface area contributed by atoms with Gasteiger partial charge in [-0.15, -0.1) is 0 Å². The van der Waals surface area contributed by atoms with Crippen molar-refractivity contribution in [1.82, 2.24) is 5.32 Å². The second kappa shape index (κ2) is 11.1. The second-order valence-corrected chi connectivity index (χ2v) is 6.71. The van der Waals surface area contributed by atoms with E-state index in [9.17, 15) is 14.4 Å². The maximum atomic E-state index is 12.4. The van der Waals surface area contributed by atoms with Gasteiger partial charge < -0.3 is 20.1 Å². The summed E-state index contributed by atoms with van der Waals surface area (Å²) in [4.78, 5) is 35.9. The van der Waals surface area contributed by atoms with Gasteiger partial charge in [-0.05, 0) is 48.0 Å². The number of carbonyl (C=O) groups excluding carboxylic acids is 3. The number of ether oxygens (including phenoxy) is 2. The second-order valence-electron chi connectivity index (χ2n) is 6.71. The zero-order chi connectivity index (χ0) is 22.8. The standard InChI is InChI=1S/C25H22N2O5/c1-18(28)26-23(16-19-8-4-2-5-9-19)25(30)31-17-24(29)27-20-12-14-22(15-13-20)32-21-10-6-3-7-11-21/h2-16H,17H2,1H3,(H,26,28)(H,27,29). The number of carbonyl (C=O) groups is 3. The molecule has 3 aromatic carbocycles. The Kier molecular flexibility index (Phi) is 7.75. The molecule has 0 bridgehead atoms. The smallest absolute Gasteiger partial charge is 0.355 e. The van der Waals surface area contributed by atoms with E-state index in [0.717, 1.165) is 0 Å². The normalized spacial score (nSPS) is 10.7. The molecule has 0 aromatic heterocycles. The van der Waals surface area contributed by atoms with Crippen LogP contribution in [0.1, 0.15) is 12.5 Å². The lowest BCUT2D eigenvalue weighted by molar-refractivity contribution is -0.144. The summed E-state index contributed by atoms with van der Waals surface area (Å²) in [6, 6.07) is 25.1. The summed E-state index contributed by atoms with van der Waals surface area (Å²) in [7, 11) is 0. The van der Waals surface area contributed by atoms with Crippen LogP contribution in [0, 0.1) is 0 Å². The van der Waals surface area contributed by atoms with Crippen LogP contribution in [0.2, 0.25) is 0 Å². The van der Waals surface area contributed by atoms with E-state index in [4.69, 9.17) is 9.47 Å². The maximum Gasteiger partial charge on any atom is 0.355 e. The molecular weight excluding hydrogens is 408 g/mol.